The van der Waals surface area contributed by atoms with Gasteiger partial charge in [0.15, 0.2) is 18.1 Å². The van der Waals surface area contributed by atoms with Crippen molar-refractivity contribution in [1.82, 2.24) is 14.8 Å². The zero-order valence-electron chi connectivity index (χ0n) is 10.8. The Labute approximate surface area is 130 Å². The van der Waals surface area contributed by atoms with Gasteiger partial charge in [-0.1, -0.05) is 29.1 Å². The number of terminal acetylenes is 1. The highest BCUT2D eigenvalue weighted by Crippen LogP contribution is 2.24. The molecule has 0 N–H and O–H groups in total. The van der Waals surface area contributed by atoms with Crippen LogP contribution in [0.4, 0.5) is 0 Å². The number of nitrogens with zero attached hydrogens (tertiary/aromatic N) is 3. The summed E-state index contributed by atoms with van der Waals surface area (Å²) in [6, 6.07) is 2.87. The van der Waals surface area contributed by atoms with Gasteiger partial charge < -0.3 is 9.47 Å². The van der Waals surface area contributed by atoms with Crippen molar-refractivity contribution in [2.24, 2.45) is 0 Å². The molecule has 0 amide bonds. The van der Waals surface area contributed by atoms with Crippen molar-refractivity contribution in [3.63, 3.8) is 0 Å². The minimum absolute atomic E-state index is 0.0133. The topological polar surface area (TPSA) is 66.2 Å². The second-order valence-electron chi connectivity index (χ2n) is 3.72. The molecule has 8 heteroatoms. The fourth-order valence-electron chi connectivity index (χ4n) is 1.52. The lowest BCUT2D eigenvalue weighted by atomic mass is 10.4. The first-order valence-electron chi connectivity index (χ1n) is 5.63. The van der Waals surface area contributed by atoms with Crippen molar-refractivity contribution in [3.05, 3.63) is 34.1 Å². The summed E-state index contributed by atoms with van der Waals surface area (Å²) in [7, 11) is 1.25. The monoisotopic (exact) mass is 325 g/mol. The molecule has 0 bridgehead atoms. The normalized spacial score (nSPS) is 10.0. The van der Waals surface area contributed by atoms with Gasteiger partial charge in [0.05, 0.1) is 17.2 Å². The molecule has 0 radical (unpaired) electrons. The van der Waals surface area contributed by atoms with Gasteiger partial charge in [0.2, 0.25) is 5.88 Å². The van der Waals surface area contributed by atoms with Crippen LogP contribution in [0.25, 0.3) is 5.82 Å². The molecular weight excluding hydrogens is 317 g/mol. The Hall–Kier alpha value is -2.23. The fraction of sp³-hybridized carbons (Fsp3) is 0.154. The molecule has 0 saturated heterocycles. The lowest BCUT2D eigenvalue weighted by Crippen LogP contribution is -2.11. The molecule has 2 rings (SSSR count). The minimum atomic E-state index is -0.620. The highest BCUT2D eigenvalue weighted by Gasteiger charge is 2.20. The standard InChI is InChI=1S/C13H9Cl2N3O3/c1-3-4-21-11-6-10(13(19)20-2)18(17-11)12-9(15)5-8(14)7-16-12/h1,5-7H,4H2,2H3. The predicted molar refractivity (Wildman–Crippen MR) is 77.0 cm³/mol. The minimum Gasteiger partial charge on any atom is -0.464 e. The summed E-state index contributed by atoms with van der Waals surface area (Å²) in [6.07, 6.45) is 6.49. The SMILES string of the molecule is C#CCOc1cc(C(=O)OC)n(-c2ncc(Cl)cc2Cl)n1. The van der Waals surface area contributed by atoms with Crippen molar-refractivity contribution in [1.29, 1.82) is 0 Å². The van der Waals surface area contributed by atoms with Crippen LogP contribution in [0.3, 0.4) is 0 Å². The van der Waals surface area contributed by atoms with Crippen LogP contribution in [0.2, 0.25) is 10.0 Å². The molecule has 0 aromatic carbocycles. The zero-order chi connectivity index (χ0) is 15.4. The summed E-state index contributed by atoms with van der Waals surface area (Å²) < 4.78 is 11.1. The zero-order valence-corrected chi connectivity index (χ0v) is 12.4. The third-order valence-electron chi connectivity index (χ3n) is 2.37. The maximum atomic E-state index is 11.8. The van der Waals surface area contributed by atoms with Crippen LogP contribution >= 0.6 is 23.2 Å². The number of carbonyl (C=O) groups is 1. The van der Waals surface area contributed by atoms with Gasteiger partial charge in [0.25, 0.3) is 0 Å². The second-order valence-corrected chi connectivity index (χ2v) is 4.57. The third kappa shape index (κ3) is 3.27. The molecule has 21 heavy (non-hydrogen) atoms. The number of aromatic nitrogens is 3. The van der Waals surface area contributed by atoms with E-state index in [2.05, 4.69) is 20.7 Å². The molecule has 6 nitrogen and oxygen atoms in total. The summed E-state index contributed by atoms with van der Waals surface area (Å²) in [5, 5.41) is 4.67. The maximum absolute atomic E-state index is 11.8. The summed E-state index contributed by atoms with van der Waals surface area (Å²) in [5.74, 6) is 2.05. The first-order chi connectivity index (χ1) is 10.1. The van der Waals surface area contributed by atoms with E-state index in [1.807, 2.05) is 0 Å². The van der Waals surface area contributed by atoms with Crippen LogP contribution in [0.1, 0.15) is 10.5 Å². The highest BCUT2D eigenvalue weighted by atomic mass is 35.5. The number of esters is 1. The molecule has 0 aliphatic carbocycles. The number of hydrogen-bond donors (Lipinski definition) is 0. The predicted octanol–water partition coefficient (Wildman–Crippen LogP) is 2.37. The Morgan fingerprint density at radius 2 is 2.24 bits per heavy atom. The van der Waals surface area contributed by atoms with Crippen molar-refractivity contribution in [2.75, 3.05) is 13.7 Å². The van der Waals surface area contributed by atoms with Crippen molar-refractivity contribution >= 4 is 29.2 Å². The van der Waals surface area contributed by atoms with Gasteiger partial charge in [-0.25, -0.2) is 14.5 Å². The molecule has 0 atom stereocenters. The molecule has 2 aromatic heterocycles. The number of hydrogen-bond acceptors (Lipinski definition) is 5. The van der Waals surface area contributed by atoms with E-state index in [1.165, 1.54) is 30.1 Å². The molecular formula is C13H9Cl2N3O3. The number of halogens is 2. The van der Waals surface area contributed by atoms with E-state index in [0.29, 0.717) is 5.02 Å². The van der Waals surface area contributed by atoms with Crippen molar-refractivity contribution in [2.45, 2.75) is 0 Å². The lowest BCUT2D eigenvalue weighted by Gasteiger charge is -2.06. The van der Waals surface area contributed by atoms with E-state index in [1.54, 1.807) is 0 Å². The van der Waals surface area contributed by atoms with Crippen molar-refractivity contribution < 1.29 is 14.3 Å². The van der Waals surface area contributed by atoms with Crippen LogP contribution in [-0.4, -0.2) is 34.5 Å². The average Bonchev–Trinajstić information content (AvgIpc) is 2.88. The van der Waals surface area contributed by atoms with Gasteiger partial charge in [-0.15, -0.1) is 11.5 Å². The first-order valence-corrected chi connectivity index (χ1v) is 6.38. The number of carbonyl (C=O) groups excluding carboxylic acids is 1. The van der Waals surface area contributed by atoms with E-state index >= 15 is 0 Å². The van der Waals surface area contributed by atoms with Gasteiger partial charge >= 0.3 is 5.97 Å². The van der Waals surface area contributed by atoms with Gasteiger partial charge in [0.1, 0.15) is 0 Å². The molecule has 2 heterocycles. The Morgan fingerprint density at radius 1 is 1.48 bits per heavy atom. The Bertz CT molecular complexity index is 722. The molecule has 0 saturated carbocycles. The molecule has 0 aliphatic rings. The smallest absolute Gasteiger partial charge is 0.357 e. The van der Waals surface area contributed by atoms with Crippen LogP contribution in [0.5, 0.6) is 5.88 Å². The van der Waals surface area contributed by atoms with Crippen molar-refractivity contribution in [3.8, 4) is 24.0 Å². The third-order valence-corrected chi connectivity index (χ3v) is 2.86. The highest BCUT2D eigenvalue weighted by molar-refractivity contribution is 6.35. The lowest BCUT2D eigenvalue weighted by molar-refractivity contribution is 0.0590. The van der Waals surface area contributed by atoms with Gasteiger partial charge in [-0.3, -0.25) is 0 Å². The van der Waals surface area contributed by atoms with E-state index in [0.717, 1.165) is 0 Å². The first kappa shape index (κ1) is 15.2. The van der Waals surface area contributed by atoms with E-state index in [9.17, 15) is 4.79 Å². The fourth-order valence-corrected chi connectivity index (χ4v) is 1.98. The molecule has 0 fully saturated rings. The molecule has 2 aromatic rings. The summed E-state index contributed by atoms with van der Waals surface area (Å²) in [4.78, 5) is 15.8. The van der Waals surface area contributed by atoms with Crippen LogP contribution in [0.15, 0.2) is 18.3 Å². The number of pyridine rings is 1. The summed E-state index contributed by atoms with van der Waals surface area (Å²) >= 11 is 11.9. The Morgan fingerprint density at radius 3 is 2.86 bits per heavy atom. The van der Waals surface area contributed by atoms with E-state index in [4.69, 9.17) is 34.4 Å². The molecule has 0 unspecified atom stereocenters. The largest absolute Gasteiger partial charge is 0.464 e. The summed E-state index contributed by atoms with van der Waals surface area (Å²) in [5.41, 5.74) is 0.0984. The van der Waals surface area contributed by atoms with Gasteiger partial charge in [0, 0.05) is 12.3 Å². The molecule has 0 spiro atoms. The van der Waals surface area contributed by atoms with E-state index in [-0.39, 0.29) is 29.0 Å². The van der Waals surface area contributed by atoms with E-state index < -0.39 is 5.97 Å². The van der Waals surface area contributed by atoms with Gasteiger partial charge in [-0.05, 0) is 6.07 Å². The Balaban J connectivity index is 2.52. The quantitative estimate of drug-likeness (QED) is 0.637. The number of methoxy groups -OCH3 is 1. The average molecular weight is 326 g/mol. The number of rotatable bonds is 4. The van der Waals surface area contributed by atoms with Gasteiger partial charge in [-0.2, -0.15) is 0 Å². The molecule has 0 aliphatic heterocycles. The summed E-state index contributed by atoms with van der Waals surface area (Å²) in [6.45, 7) is 0.0133. The molecule has 108 valence electrons. The van der Waals surface area contributed by atoms with Crippen LogP contribution in [-0.2, 0) is 4.74 Å². The number of ether oxygens (including phenoxy) is 2. The van der Waals surface area contributed by atoms with Crippen LogP contribution in [0, 0.1) is 12.3 Å². The second kappa shape index (κ2) is 6.48. The maximum Gasteiger partial charge on any atom is 0.357 e. The van der Waals surface area contributed by atoms with Crippen LogP contribution < -0.4 is 4.74 Å². The Kier molecular flexibility index (Phi) is 4.68.